The van der Waals surface area contributed by atoms with Crippen LogP contribution in [0.1, 0.15) is 6.42 Å². The number of ether oxygens (including phenoxy) is 1. The smallest absolute Gasteiger partial charge is 0.253 e. The first kappa shape index (κ1) is 21.0. The highest BCUT2D eigenvalue weighted by Crippen LogP contribution is 2.28. The Morgan fingerprint density at radius 3 is 3.12 bits per heavy atom. The molecule has 0 aromatic carbocycles. The molecular weight excluding hydrogens is 437 g/mol. The number of likely N-dealkylation sites (tertiary alicyclic amines) is 1. The molecule has 5 heterocycles. The van der Waals surface area contributed by atoms with Crippen LogP contribution in [0.25, 0.3) is 22.4 Å². The molecule has 2 saturated heterocycles. The Morgan fingerprint density at radius 1 is 1.38 bits per heavy atom. The van der Waals surface area contributed by atoms with E-state index in [0.717, 1.165) is 24.5 Å². The van der Waals surface area contributed by atoms with Gasteiger partial charge in [0.1, 0.15) is 11.8 Å². The number of hydrogen-bond donors (Lipinski definition) is 3. The van der Waals surface area contributed by atoms with Crippen LogP contribution in [0.2, 0.25) is 5.02 Å². The van der Waals surface area contributed by atoms with Crippen LogP contribution in [0.4, 0.5) is 10.2 Å². The van der Waals surface area contributed by atoms with Gasteiger partial charge in [0.25, 0.3) is 5.91 Å². The monoisotopic (exact) mass is 459 g/mol. The van der Waals surface area contributed by atoms with E-state index < -0.39 is 11.9 Å². The minimum atomic E-state index is -0.530. The summed E-state index contributed by atoms with van der Waals surface area (Å²) < 4.78 is 20.0. The molecule has 5 rings (SSSR count). The lowest BCUT2D eigenvalue weighted by molar-refractivity contribution is -0.144. The maximum absolute atomic E-state index is 14.4. The Labute approximate surface area is 188 Å². The van der Waals surface area contributed by atoms with Gasteiger partial charge in [0, 0.05) is 56.1 Å². The fourth-order valence-corrected chi connectivity index (χ4v) is 4.31. The third-order valence-corrected chi connectivity index (χ3v) is 6.05. The lowest BCUT2D eigenvalue weighted by Crippen LogP contribution is -2.48. The molecular formula is C21H23ClFN7O2. The highest BCUT2D eigenvalue weighted by atomic mass is 35.5. The summed E-state index contributed by atoms with van der Waals surface area (Å²) in [5.74, 6) is 0.182. The quantitative estimate of drug-likeness (QED) is 0.536. The summed E-state index contributed by atoms with van der Waals surface area (Å²) in [5.41, 5.74) is 1.34. The first-order chi connectivity index (χ1) is 15.6. The first-order valence-corrected chi connectivity index (χ1v) is 11.0. The van der Waals surface area contributed by atoms with E-state index in [1.807, 2.05) is 4.90 Å². The largest absolute Gasteiger partial charge is 0.367 e. The van der Waals surface area contributed by atoms with Crippen molar-refractivity contribution in [2.45, 2.75) is 12.5 Å². The Morgan fingerprint density at radius 2 is 2.28 bits per heavy atom. The van der Waals surface area contributed by atoms with E-state index >= 15 is 0 Å². The average Bonchev–Trinajstić information content (AvgIpc) is 3.46. The predicted octanol–water partition coefficient (Wildman–Crippen LogP) is 2.06. The number of aromatic nitrogens is 4. The predicted molar refractivity (Wildman–Crippen MR) is 118 cm³/mol. The summed E-state index contributed by atoms with van der Waals surface area (Å²) in [4.78, 5) is 30.3. The lowest BCUT2D eigenvalue weighted by Gasteiger charge is -2.27. The van der Waals surface area contributed by atoms with E-state index in [2.05, 4.69) is 30.6 Å². The fourth-order valence-electron chi connectivity index (χ4n) is 4.15. The summed E-state index contributed by atoms with van der Waals surface area (Å²) in [6.45, 7) is 3.64. The van der Waals surface area contributed by atoms with Crippen LogP contribution < -0.4 is 10.6 Å². The normalized spacial score (nSPS) is 21.2. The zero-order valence-corrected chi connectivity index (χ0v) is 18.0. The van der Waals surface area contributed by atoms with Gasteiger partial charge < -0.3 is 25.3 Å². The number of rotatable bonds is 5. The number of amides is 1. The maximum atomic E-state index is 14.4. The topological polar surface area (TPSA) is 108 Å². The molecule has 2 atom stereocenters. The summed E-state index contributed by atoms with van der Waals surface area (Å²) in [6, 6.07) is 1.77. The number of fused-ring (bicyclic) bond motifs is 1. The van der Waals surface area contributed by atoms with E-state index in [0.29, 0.717) is 54.8 Å². The molecule has 2 unspecified atom stereocenters. The summed E-state index contributed by atoms with van der Waals surface area (Å²) in [7, 11) is 0. The molecule has 168 valence electrons. The minimum Gasteiger partial charge on any atom is -0.367 e. The van der Waals surface area contributed by atoms with Crippen molar-refractivity contribution in [3.05, 3.63) is 35.5 Å². The summed E-state index contributed by atoms with van der Waals surface area (Å²) in [6.07, 6.45) is 4.85. The third-order valence-electron chi connectivity index (χ3n) is 5.84. The van der Waals surface area contributed by atoms with Crippen molar-refractivity contribution >= 4 is 34.4 Å². The van der Waals surface area contributed by atoms with Crippen molar-refractivity contribution in [3.63, 3.8) is 0 Å². The van der Waals surface area contributed by atoms with Crippen LogP contribution in [0, 0.1) is 11.7 Å². The van der Waals surface area contributed by atoms with Gasteiger partial charge in [0.2, 0.25) is 0 Å². The van der Waals surface area contributed by atoms with Gasteiger partial charge in [-0.05, 0) is 18.4 Å². The van der Waals surface area contributed by atoms with E-state index in [1.54, 1.807) is 18.5 Å². The third kappa shape index (κ3) is 4.25. The van der Waals surface area contributed by atoms with Crippen molar-refractivity contribution in [2.75, 3.05) is 44.6 Å². The molecule has 3 aromatic heterocycles. The number of aromatic amines is 1. The van der Waals surface area contributed by atoms with Crippen LogP contribution in [-0.4, -0.2) is 76.2 Å². The van der Waals surface area contributed by atoms with Crippen molar-refractivity contribution in [1.82, 2.24) is 30.2 Å². The zero-order valence-electron chi connectivity index (χ0n) is 17.3. The Hall–Kier alpha value is -2.82. The first-order valence-electron chi connectivity index (χ1n) is 10.6. The number of carbonyl (C=O) groups excluding carboxylic acids is 1. The van der Waals surface area contributed by atoms with E-state index in [1.165, 1.54) is 0 Å². The molecule has 0 bridgehead atoms. The van der Waals surface area contributed by atoms with Crippen LogP contribution in [0.5, 0.6) is 0 Å². The molecule has 32 heavy (non-hydrogen) atoms. The number of nitrogens with zero attached hydrogens (tertiary/aromatic N) is 4. The number of H-pyrrole nitrogens is 1. The van der Waals surface area contributed by atoms with E-state index in [9.17, 15) is 9.18 Å². The Bertz CT molecular complexity index is 1130. The van der Waals surface area contributed by atoms with Gasteiger partial charge in [-0.25, -0.2) is 19.3 Å². The lowest BCUT2D eigenvalue weighted by atomic mass is 10.1. The molecule has 0 saturated carbocycles. The van der Waals surface area contributed by atoms with Gasteiger partial charge in [0.15, 0.2) is 17.5 Å². The molecule has 3 N–H and O–H groups in total. The number of carbonyl (C=O) groups is 1. The number of pyridine rings is 1. The molecule has 2 fully saturated rings. The summed E-state index contributed by atoms with van der Waals surface area (Å²) in [5, 5.41) is 7.53. The second-order valence-corrected chi connectivity index (χ2v) is 8.46. The number of halogens is 2. The average molecular weight is 460 g/mol. The number of morpholine rings is 1. The summed E-state index contributed by atoms with van der Waals surface area (Å²) >= 11 is 6.07. The number of anilines is 1. The molecule has 2 aliphatic rings. The molecule has 3 aromatic rings. The van der Waals surface area contributed by atoms with Crippen molar-refractivity contribution < 1.29 is 13.9 Å². The maximum Gasteiger partial charge on any atom is 0.253 e. The highest BCUT2D eigenvalue weighted by Gasteiger charge is 2.32. The molecule has 11 heteroatoms. The second kappa shape index (κ2) is 8.97. The molecule has 9 nitrogen and oxygen atoms in total. The second-order valence-electron chi connectivity index (χ2n) is 8.03. The minimum absolute atomic E-state index is 0.0156. The van der Waals surface area contributed by atoms with Gasteiger partial charge in [-0.2, -0.15) is 0 Å². The number of hydrogen-bond acceptors (Lipinski definition) is 7. The highest BCUT2D eigenvalue weighted by molar-refractivity contribution is 6.31. The van der Waals surface area contributed by atoms with Crippen LogP contribution in [0.15, 0.2) is 24.7 Å². The molecule has 0 aliphatic carbocycles. The van der Waals surface area contributed by atoms with Gasteiger partial charge in [0.05, 0.1) is 17.8 Å². The van der Waals surface area contributed by atoms with Crippen molar-refractivity contribution in [3.8, 4) is 11.4 Å². The van der Waals surface area contributed by atoms with Crippen LogP contribution in [0.3, 0.4) is 0 Å². The molecule has 0 spiro atoms. The molecule has 2 aliphatic heterocycles. The van der Waals surface area contributed by atoms with Gasteiger partial charge in [-0.3, -0.25) is 4.79 Å². The molecule has 1 amide bonds. The zero-order chi connectivity index (χ0) is 22.1. The Kier molecular flexibility index (Phi) is 5.90. The van der Waals surface area contributed by atoms with Crippen molar-refractivity contribution in [2.24, 2.45) is 5.92 Å². The SMILES string of the molecule is O=C(C1CNCCO1)N1CCC(CNc2nc(-c3c[nH]c4ncc(Cl)cc34)ncc2F)C1. The molecule has 0 radical (unpaired) electrons. The van der Waals surface area contributed by atoms with Crippen LogP contribution in [-0.2, 0) is 9.53 Å². The Balaban J connectivity index is 1.25. The fraction of sp³-hybridized carbons (Fsp3) is 0.429. The van der Waals surface area contributed by atoms with E-state index in [-0.39, 0.29) is 17.6 Å². The van der Waals surface area contributed by atoms with Gasteiger partial charge in [-0.1, -0.05) is 11.6 Å². The van der Waals surface area contributed by atoms with Crippen LogP contribution >= 0.6 is 11.6 Å². The van der Waals surface area contributed by atoms with Gasteiger partial charge >= 0.3 is 0 Å². The van der Waals surface area contributed by atoms with E-state index in [4.69, 9.17) is 16.3 Å². The van der Waals surface area contributed by atoms with Crippen molar-refractivity contribution in [1.29, 1.82) is 0 Å². The number of nitrogens with one attached hydrogen (secondary N) is 3. The standard InChI is InChI=1S/C21H23ClFN7O2/c22-13-5-14-15(8-27-18(14)26-7-13)19-28-9-16(23)20(29-19)25-6-12-1-3-30(11-12)21(31)17-10-24-2-4-32-17/h5,7-9,12,17,24H,1-4,6,10-11H2,(H,26,27)(H,25,28,29). The van der Waals surface area contributed by atoms with Gasteiger partial charge in [-0.15, -0.1) is 0 Å².